The molecule has 14 heavy (non-hydrogen) atoms. The third kappa shape index (κ3) is 1.71. The van der Waals surface area contributed by atoms with Crippen LogP contribution in [0.1, 0.15) is 47.0 Å². The number of fused-ring (bicyclic) bond motifs is 1. The molecule has 82 valence electrons. The maximum atomic E-state index is 2.81. The smallest absolute Gasteiger partial charge is 0.0122 e. The minimum atomic E-state index is 0.853. The van der Waals surface area contributed by atoms with Crippen LogP contribution < -0.4 is 0 Å². The predicted molar refractivity (Wildman–Crippen MR) is 61.3 cm³/mol. The Morgan fingerprint density at radius 1 is 1.00 bits per heavy atom. The van der Waals surface area contributed by atoms with Gasteiger partial charge in [0.1, 0.15) is 0 Å². The summed E-state index contributed by atoms with van der Waals surface area (Å²) >= 11 is 0. The summed E-state index contributed by atoms with van der Waals surface area (Å²) in [7, 11) is 0. The van der Waals surface area contributed by atoms with Gasteiger partial charge in [-0.25, -0.2) is 0 Å². The van der Waals surface area contributed by atoms with Gasteiger partial charge < -0.3 is 0 Å². The van der Waals surface area contributed by atoms with Gasteiger partial charge in [0, 0.05) is 18.6 Å². The third-order valence-electron chi connectivity index (χ3n) is 4.42. The van der Waals surface area contributed by atoms with Gasteiger partial charge in [-0.3, -0.25) is 4.90 Å². The maximum absolute atomic E-state index is 2.81. The minimum Gasteiger partial charge on any atom is -0.297 e. The molecular formula is C13H25N. The van der Waals surface area contributed by atoms with Crippen molar-refractivity contribution in [2.45, 2.75) is 59.0 Å². The Morgan fingerprint density at radius 2 is 1.71 bits per heavy atom. The molecule has 2 aliphatic rings. The van der Waals surface area contributed by atoms with Gasteiger partial charge in [-0.1, -0.05) is 27.7 Å². The van der Waals surface area contributed by atoms with Crippen molar-refractivity contribution in [3.63, 3.8) is 0 Å². The molecule has 3 unspecified atom stereocenters. The minimum absolute atomic E-state index is 0.853. The van der Waals surface area contributed by atoms with E-state index in [2.05, 4.69) is 32.6 Å². The lowest BCUT2D eigenvalue weighted by atomic mass is 9.91. The molecular weight excluding hydrogens is 170 g/mol. The molecule has 3 atom stereocenters. The van der Waals surface area contributed by atoms with E-state index < -0.39 is 0 Å². The lowest BCUT2D eigenvalue weighted by Crippen LogP contribution is -2.35. The van der Waals surface area contributed by atoms with Gasteiger partial charge in [0.05, 0.1) is 0 Å². The van der Waals surface area contributed by atoms with Crippen LogP contribution in [0.4, 0.5) is 0 Å². The number of nitrogens with zero attached hydrogens (tertiary/aromatic N) is 1. The van der Waals surface area contributed by atoms with Gasteiger partial charge in [-0.15, -0.1) is 0 Å². The number of hydrogen-bond donors (Lipinski definition) is 0. The Hall–Kier alpha value is -0.0400. The van der Waals surface area contributed by atoms with Crippen molar-refractivity contribution in [2.75, 3.05) is 6.54 Å². The molecule has 0 radical (unpaired) electrons. The molecule has 0 aromatic rings. The first-order valence-corrected chi connectivity index (χ1v) is 6.35. The van der Waals surface area contributed by atoms with Gasteiger partial charge >= 0.3 is 0 Å². The van der Waals surface area contributed by atoms with Crippen molar-refractivity contribution in [2.24, 2.45) is 17.8 Å². The molecule has 1 heteroatoms. The molecule has 2 saturated heterocycles. The van der Waals surface area contributed by atoms with E-state index in [-0.39, 0.29) is 0 Å². The molecule has 0 saturated carbocycles. The van der Waals surface area contributed by atoms with Crippen LogP contribution >= 0.6 is 0 Å². The second-order valence-electron chi connectivity index (χ2n) is 5.98. The number of hydrogen-bond acceptors (Lipinski definition) is 1. The molecule has 0 spiro atoms. The van der Waals surface area contributed by atoms with Crippen molar-refractivity contribution in [3.8, 4) is 0 Å². The van der Waals surface area contributed by atoms with E-state index in [4.69, 9.17) is 0 Å². The summed E-state index contributed by atoms with van der Waals surface area (Å²) in [6.07, 6.45) is 4.39. The van der Waals surface area contributed by atoms with Crippen molar-refractivity contribution in [1.82, 2.24) is 4.90 Å². The lowest BCUT2D eigenvalue weighted by molar-refractivity contribution is 0.190. The standard InChI is InChI=1S/C13H25N/c1-9(2)11-7-12-5-6-13(10(3)4)14(12)8-11/h9-13H,5-8H2,1-4H3. The molecule has 0 aromatic heterocycles. The molecule has 1 nitrogen and oxygen atoms in total. The molecule has 0 bridgehead atoms. The normalized spacial score (nSPS) is 38.6. The Morgan fingerprint density at radius 3 is 2.29 bits per heavy atom. The van der Waals surface area contributed by atoms with Crippen LogP contribution in [-0.4, -0.2) is 23.5 Å². The summed E-state index contributed by atoms with van der Waals surface area (Å²) in [5, 5.41) is 0. The molecule has 2 fully saturated rings. The van der Waals surface area contributed by atoms with Crippen molar-refractivity contribution >= 4 is 0 Å². The molecule has 2 rings (SSSR count). The van der Waals surface area contributed by atoms with Gasteiger partial charge in [0.25, 0.3) is 0 Å². The van der Waals surface area contributed by atoms with Crippen LogP contribution in [0, 0.1) is 17.8 Å². The summed E-state index contributed by atoms with van der Waals surface area (Å²) in [6, 6.07) is 1.83. The summed E-state index contributed by atoms with van der Waals surface area (Å²) in [4.78, 5) is 2.81. The van der Waals surface area contributed by atoms with Gasteiger partial charge in [-0.2, -0.15) is 0 Å². The molecule has 2 heterocycles. The van der Waals surface area contributed by atoms with E-state index in [9.17, 15) is 0 Å². The van der Waals surface area contributed by atoms with Crippen LogP contribution in [0.3, 0.4) is 0 Å². The fourth-order valence-corrected chi connectivity index (χ4v) is 3.40. The van der Waals surface area contributed by atoms with Crippen LogP contribution in [0.5, 0.6) is 0 Å². The van der Waals surface area contributed by atoms with Gasteiger partial charge in [-0.05, 0) is 37.0 Å². The maximum Gasteiger partial charge on any atom is 0.0122 e. The summed E-state index contributed by atoms with van der Waals surface area (Å²) < 4.78 is 0. The SMILES string of the molecule is CC(C)C1CC2CCC(C(C)C)N2C1. The van der Waals surface area contributed by atoms with E-state index in [1.807, 2.05) is 0 Å². The average Bonchev–Trinajstić information content (AvgIpc) is 2.58. The topological polar surface area (TPSA) is 3.24 Å². The fraction of sp³-hybridized carbons (Fsp3) is 1.00. The Kier molecular flexibility index (Phi) is 2.88. The van der Waals surface area contributed by atoms with Crippen molar-refractivity contribution in [3.05, 3.63) is 0 Å². The van der Waals surface area contributed by atoms with E-state index >= 15 is 0 Å². The summed E-state index contributed by atoms with van der Waals surface area (Å²) in [5.41, 5.74) is 0. The Labute approximate surface area is 88.9 Å². The average molecular weight is 195 g/mol. The Balaban J connectivity index is 2.00. The van der Waals surface area contributed by atoms with Gasteiger partial charge in [0.15, 0.2) is 0 Å². The third-order valence-corrected chi connectivity index (χ3v) is 4.42. The highest BCUT2D eigenvalue weighted by molar-refractivity contribution is 4.96. The van der Waals surface area contributed by atoms with E-state index in [0.29, 0.717) is 0 Å². The second kappa shape index (κ2) is 3.84. The van der Waals surface area contributed by atoms with Gasteiger partial charge in [0.2, 0.25) is 0 Å². The van der Waals surface area contributed by atoms with Crippen LogP contribution in [0.25, 0.3) is 0 Å². The monoisotopic (exact) mass is 195 g/mol. The molecule has 0 aromatic carbocycles. The lowest BCUT2D eigenvalue weighted by Gasteiger charge is -2.27. The zero-order valence-electron chi connectivity index (χ0n) is 10.2. The molecule has 0 N–H and O–H groups in total. The first kappa shape index (κ1) is 10.5. The molecule has 0 aliphatic carbocycles. The first-order chi connectivity index (χ1) is 6.59. The van der Waals surface area contributed by atoms with Crippen LogP contribution in [-0.2, 0) is 0 Å². The van der Waals surface area contributed by atoms with E-state index in [1.54, 1.807) is 0 Å². The quantitative estimate of drug-likeness (QED) is 0.654. The van der Waals surface area contributed by atoms with Crippen molar-refractivity contribution in [1.29, 1.82) is 0 Å². The number of rotatable bonds is 2. The fourth-order valence-electron chi connectivity index (χ4n) is 3.40. The highest BCUT2D eigenvalue weighted by Crippen LogP contribution is 2.40. The van der Waals surface area contributed by atoms with Crippen molar-refractivity contribution < 1.29 is 0 Å². The summed E-state index contributed by atoms with van der Waals surface area (Å²) in [5.74, 6) is 2.71. The predicted octanol–water partition coefficient (Wildman–Crippen LogP) is 3.15. The zero-order chi connectivity index (χ0) is 10.3. The second-order valence-corrected chi connectivity index (χ2v) is 5.98. The molecule has 2 aliphatic heterocycles. The zero-order valence-corrected chi connectivity index (χ0v) is 10.2. The summed E-state index contributed by atoms with van der Waals surface area (Å²) in [6.45, 7) is 10.9. The highest BCUT2D eigenvalue weighted by atomic mass is 15.2. The Bertz CT molecular complexity index is 197. The molecule has 0 amide bonds. The van der Waals surface area contributed by atoms with Crippen LogP contribution in [0.2, 0.25) is 0 Å². The first-order valence-electron chi connectivity index (χ1n) is 6.35. The van der Waals surface area contributed by atoms with E-state index in [1.165, 1.54) is 25.8 Å². The largest absolute Gasteiger partial charge is 0.297 e. The van der Waals surface area contributed by atoms with E-state index in [0.717, 1.165) is 29.8 Å². The van der Waals surface area contributed by atoms with Crippen LogP contribution in [0.15, 0.2) is 0 Å². The highest BCUT2D eigenvalue weighted by Gasteiger charge is 2.42.